The molecule has 0 aromatic heterocycles. The number of hydrogen-bond donors (Lipinski definition) is 0. The lowest BCUT2D eigenvalue weighted by Crippen LogP contribution is -2.34. The molecule has 2 aliphatic rings. The first-order valence-electron chi connectivity index (χ1n) is 7.01. The largest absolute Gasteiger partial charge is 0.497 e. The first-order chi connectivity index (χ1) is 11.1. The van der Waals surface area contributed by atoms with Gasteiger partial charge in [-0.25, -0.2) is 9.69 Å². The minimum Gasteiger partial charge on any atom is -0.497 e. The number of benzene rings is 1. The van der Waals surface area contributed by atoms with Crippen molar-refractivity contribution in [3.63, 3.8) is 0 Å². The number of hydrogen-bond acceptors (Lipinski definition) is 7. The number of ether oxygens (including phenoxy) is 2. The van der Waals surface area contributed by atoms with Gasteiger partial charge in [0.25, 0.3) is 5.91 Å². The lowest BCUT2D eigenvalue weighted by molar-refractivity contribution is -0.136. The van der Waals surface area contributed by atoms with E-state index in [1.807, 2.05) is 0 Å². The molecule has 2 amide bonds. The monoisotopic (exact) mass is 318 g/mol. The highest BCUT2D eigenvalue weighted by Crippen LogP contribution is 2.34. The van der Waals surface area contributed by atoms with Crippen LogP contribution in [0.1, 0.15) is 6.92 Å². The summed E-state index contributed by atoms with van der Waals surface area (Å²) in [6.45, 7) is 1.77. The Morgan fingerprint density at radius 3 is 2.57 bits per heavy atom. The zero-order valence-corrected chi connectivity index (χ0v) is 12.5. The van der Waals surface area contributed by atoms with Gasteiger partial charge in [-0.05, 0) is 31.2 Å². The molecule has 0 unspecified atom stereocenters. The topological polar surface area (TPSA) is 94.5 Å². The molecule has 1 aromatic rings. The van der Waals surface area contributed by atoms with Crippen LogP contribution in [0.25, 0.3) is 0 Å². The summed E-state index contributed by atoms with van der Waals surface area (Å²) in [7, 11) is 1.52. The minimum absolute atomic E-state index is 0.138. The quantitative estimate of drug-likeness (QED) is 0.593. The number of oxime groups is 1. The highest BCUT2D eigenvalue weighted by Gasteiger charge is 2.58. The SMILES string of the molecule is CCOC(=O)C1=NO[C@H]2C(=O)N(c3ccc(OC)cc3)C(=O)[C@@H]12. The van der Waals surface area contributed by atoms with Crippen LogP contribution >= 0.6 is 0 Å². The molecule has 0 spiro atoms. The Morgan fingerprint density at radius 1 is 1.26 bits per heavy atom. The Labute approximate surface area is 131 Å². The summed E-state index contributed by atoms with van der Waals surface area (Å²) in [5, 5.41) is 3.55. The van der Waals surface area contributed by atoms with Gasteiger partial charge in [0.05, 0.1) is 19.4 Å². The molecule has 8 heteroatoms. The predicted molar refractivity (Wildman–Crippen MR) is 77.9 cm³/mol. The highest BCUT2D eigenvalue weighted by atomic mass is 16.7. The molecular weight excluding hydrogens is 304 g/mol. The van der Waals surface area contributed by atoms with Crippen molar-refractivity contribution in [3.8, 4) is 5.75 Å². The maximum atomic E-state index is 12.6. The van der Waals surface area contributed by atoms with Gasteiger partial charge in [-0.15, -0.1) is 0 Å². The highest BCUT2D eigenvalue weighted by molar-refractivity contribution is 6.46. The standard InChI is InChI=1S/C15H14N2O6/c1-3-22-15(20)11-10-12(23-16-11)14(19)17(13(10)18)8-4-6-9(21-2)7-5-8/h4-7,10,12H,3H2,1-2H3/t10-,12+/m0/s1. The predicted octanol–water partition coefficient (Wildman–Crippen LogP) is 0.502. The van der Waals surface area contributed by atoms with Crippen LogP contribution in [-0.2, 0) is 24.0 Å². The second kappa shape index (κ2) is 5.71. The summed E-state index contributed by atoms with van der Waals surface area (Å²) in [4.78, 5) is 42.8. The van der Waals surface area contributed by atoms with E-state index < -0.39 is 29.8 Å². The number of esters is 1. The second-order valence-corrected chi connectivity index (χ2v) is 4.91. The third kappa shape index (κ3) is 2.32. The summed E-state index contributed by atoms with van der Waals surface area (Å²) < 4.78 is 9.88. The lowest BCUT2D eigenvalue weighted by Gasteiger charge is -2.15. The van der Waals surface area contributed by atoms with Gasteiger partial charge in [0.15, 0.2) is 5.71 Å². The van der Waals surface area contributed by atoms with Crippen molar-refractivity contribution < 1.29 is 28.7 Å². The minimum atomic E-state index is -1.12. The van der Waals surface area contributed by atoms with E-state index in [2.05, 4.69) is 5.16 Å². The molecular formula is C15H14N2O6. The van der Waals surface area contributed by atoms with Gasteiger partial charge < -0.3 is 14.3 Å². The van der Waals surface area contributed by atoms with E-state index in [0.29, 0.717) is 11.4 Å². The summed E-state index contributed by atoms with van der Waals surface area (Å²) in [6, 6.07) is 6.42. The van der Waals surface area contributed by atoms with Gasteiger partial charge in [0.1, 0.15) is 11.7 Å². The summed E-state index contributed by atoms with van der Waals surface area (Å²) >= 11 is 0. The first-order valence-corrected chi connectivity index (χ1v) is 7.01. The Balaban J connectivity index is 1.88. The number of carbonyl (C=O) groups excluding carboxylic acids is 3. The molecule has 0 N–H and O–H groups in total. The molecule has 0 aliphatic carbocycles. The second-order valence-electron chi connectivity index (χ2n) is 4.91. The van der Waals surface area contributed by atoms with E-state index in [-0.39, 0.29) is 12.3 Å². The van der Waals surface area contributed by atoms with E-state index >= 15 is 0 Å². The van der Waals surface area contributed by atoms with E-state index in [0.717, 1.165) is 4.90 Å². The number of rotatable bonds is 4. The molecule has 0 bridgehead atoms. The molecule has 2 atom stereocenters. The van der Waals surface area contributed by atoms with Gasteiger partial charge in [0.2, 0.25) is 12.0 Å². The molecule has 2 heterocycles. The number of anilines is 1. The van der Waals surface area contributed by atoms with Crippen molar-refractivity contribution in [2.24, 2.45) is 11.1 Å². The summed E-state index contributed by atoms with van der Waals surface area (Å²) in [6.07, 6.45) is -1.12. The molecule has 2 aliphatic heterocycles. The van der Waals surface area contributed by atoms with Crippen molar-refractivity contribution in [1.82, 2.24) is 0 Å². The number of methoxy groups -OCH3 is 1. The number of nitrogens with zero attached hydrogens (tertiary/aromatic N) is 2. The van der Waals surface area contributed by atoms with E-state index in [1.54, 1.807) is 31.2 Å². The fraction of sp³-hybridized carbons (Fsp3) is 0.333. The molecule has 0 saturated carbocycles. The Morgan fingerprint density at radius 2 is 1.96 bits per heavy atom. The number of carbonyl (C=O) groups is 3. The zero-order chi connectivity index (χ0) is 16.6. The van der Waals surface area contributed by atoms with Gasteiger partial charge in [-0.3, -0.25) is 9.59 Å². The van der Waals surface area contributed by atoms with Crippen LogP contribution in [0.4, 0.5) is 5.69 Å². The number of fused-ring (bicyclic) bond motifs is 1. The Kier molecular flexibility index (Phi) is 3.73. The van der Waals surface area contributed by atoms with Crippen LogP contribution in [0.3, 0.4) is 0 Å². The maximum absolute atomic E-state index is 12.6. The zero-order valence-electron chi connectivity index (χ0n) is 12.5. The Bertz CT molecular complexity index is 696. The van der Waals surface area contributed by atoms with Crippen LogP contribution in [0, 0.1) is 5.92 Å². The van der Waals surface area contributed by atoms with E-state index in [1.165, 1.54) is 7.11 Å². The van der Waals surface area contributed by atoms with Gasteiger partial charge in [0, 0.05) is 0 Å². The number of amides is 2. The van der Waals surface area contributed by atoms with Crippen LogP contribution in [-0.4, -0.2) is 43.3 Å². The van der Waals surface area contributed by atoms with Crippen molar-refractivity contribution in [1.29, 1.82) is 0 Å². The average molecular weight is 318 g/mol. The summed E-state index contributed by atoms with van der Waals surface area (Å²) in [5.41, 5.74) is 0.202. The maximum Gasteiger partial charge on any atom is 0.357 e. The molecule has 1 fully saturated rings. The lowest BCUT2D eigenvalue weighted by atomic mass is 10.00. The molecule has 120 valence electrons. The third-order valence-corrected chi connectivity index (χ3v) is 3.63. The van der Waals surface area contributed by atoms with Crippen LogP contribution in [0.5, 0.6) is 5.75 Å². The molecule has 1 saturated heterocycles. The van der Waals surface area contributed by atoms with Crippen molar-refractivity contribution in [3.05, 3.63) is 24.3 Å². The first kappa shape index (κ1) is 15.0. The molecule has 0 radical (unpaired) electrons. The normalized spacial score (nSPS) is 22.5. The van der Waals surface area contributed by atoms with Crippen LogP contribution in [0.15, 0.2) is 29.4 Å². The molecule has 3 rings (SSSR count). The van der Waals surface area contributed by atoms with E-state index in [4.69, 9.17) is 14.3 Å². The van der Waals surface area contributed by atoms with Gasteiger partial charge in [-0.1, -0.05) is 5.16 Å². The average Bonchev–Trinajstić information content (AvgIpc) is 3.09. The van der Waals surface area contributed by atoms with Crippen LogP contribution in [0.2, 0.25) is 0 Å². The summed E-state index contributed by atoms with van der Waals surface area (Å²) in [5.74, 6) is -2.35. The van der Waals surface area contributed by atoms with Crippen LogP contribution < -0.4 is 9.64 Å². The fourth-order valence-electron chi connectivity index (χ4n) is 2.54. The van der Waals surface area contributed by atoms with Crippen molar-refractivity contribution in [2.45, 2.75) is 13.0 Å². The molecule has 8 nitrogen and oxygen atoms in total. The van der Waals surface area contributed by atoms with Gasteiger partial charge >= 0.3 is 5.97 Å². The fourth-order valence-corrected chi connectivity index (χ4v) is 2.54. The van der Waals surface area contributed by atoms with Crippen molar-refractivity contribution in [2.75, 3.05) is 18.6 Å². The smallest absolute Gasteiger partial charge is 0.357 e. The molecule has 23 heavy (non-hydrogen) atoms. The number of imide groups is 1. The Hall–Kier alpha value is -2.90. The molecule has 1 aromatic carbocycles. The van der Waals surface area contributed by atoms with Crippen molar-refractivity contribution >= 4 is 29.2 Å². The third-order valence-electron chi connectivity index (χ3n) is 3.63. The van der Waals surface area contributed by atoms with Gasteiger partial charge in [-0.2, -0.15) is 0 Å². The van der Waals surface area contributed by atoms with E-state index in [9.17, 15) is 14.4 Å².